The minimum atomic E-state index is -0.242. The topological polar surface area (TPSA) is 46.6 Å². The van der Waals surface area contributed by atoms with Gasteiger partial charge in [0, 0.05) is 0 Å². The molecule has 138 valence electrons. The molecule has 0 spiro atoms. The fourth-order valence-corrected chi connectivity index (χ4v) is 3.98. The van der Waals surface area contributed by atoms with E-state index >= 15 is 0 Å². The van der Waals surface area contributed by atoms with E-state index in [1.165, 1.54) is 16.0 Å². The van der Waals surface area contributed by atoms with E-state index < -0.39 is 0 Å². The van der Waals surface area contributed by atoms with Gasteiger partial charge in [0.15, 0.2) is 0 Å². The Hall–Kier alpha value is -2.88. The van der Waals surface area contributed by atoms with Crippen molar-refractivity contribution < 1.29 is 14.3 Å². The summed E-state index contributed by atoms with van der Waals surface area (Å²) < 4.78 is 5.90. The number of anilines is 1. The third-order valence-corrected chi connectivity index (χ3v) is 5.68. The summed E-state index contributed by atoms with van der Waals surface area (Å²) >= 11 is 0. The van der Waals surface area contributed by atoms with Crippen LogP contribution in [0.1, 0.15) is 24.5 Å². The highest BCUT2D eigenvalue weighted by Crippen LogP contribution is 2.40. The first-order chi connectivity index (χ1) is 13.0. The van der Waals surface area contributed by atoms with Crippen molar-refractivity contribution in [2.45, 2.75) is 27.2 Å². The molecule has 27 heavy (non-hydrogen) atoms. The molecule has 0 aromatic heterocycles. The van der Waals surface area contributed by atoms with Crippen molar-refractivity contribution in [3.63, 3.8) is 0 Å². The molecule has 0 unspecified atom stereocenters. The Kier molecular flexibility index (Phi) is 4.34. The van der Waals surface area contributed by atoms with Crippen LogP contribution >= 0.6 is 0 Å². The lowest BCUT2D eigenvalue weighted by Crippen LogP contribution is -2.31. The van der Waals surface area contributed by atoms with Crippen molar-refractivity contribution in [2.75, 3.05) is 4.90 Å². The largest absolute Gasteiger partial charge is 0.457 e. The maximum absolute atomic E-state index is 12.8. The molecular weight excluding hydrogens is 338 g/mol. The second kappa shape index (κ2) is 6.69. The molecule has 2 aromatic carbocycles. The number of benzene rings is 2. The number of hydrogen-bond acceptors (Lipinski definition) is 3. The Morgan fingerprint density at radius 2 is 1.63 bits per heavy atom. The molecule has 1 fully saturated rings. The van der Waals surface area contributed by atoms with E-state index in [-0.39, 0.29) is 29.6 Å². The maximum Gasteiger partial charge on any atom is 0.238 e. The lowest BCUT2D eigenvalue weighted by Gasteiger charge is -2.22. The second-order valence-corrected chi connectivity index (χ2v) is 7.51. The number of amides is 2. The standard InChI is InChI=1S/C23H23NO3/c1-14-7-10-19(13-16(14)3)27-18-11-8-17(9-12-18)24-22(25)20-6-4-5-15(2)21(20)23(24)26/h4-5,7-13,15,20-21H,6H2,1-3H3/t15-,20-,21+/m0/s1. The smallest absolute Gasteiger partial charge is 0.238 e. The molecule has 0 N–H and O–H groups in total. The van der Waals surface area contributed by atoms with Crippen LogP contribution in [-0.2, 0) is 9.59 Å². The van der Waals surface area contributed by atoms with Gasteiger partial charge in [0.25, 0.3) is 0 Å². The van der Waals surface area contributed by atoms with Crippen molar-refractivity contribution in [1.82, 2.24) is 0 Å². The molecular formula is C23H23NO3. The third kappa shape index (κ3) is 3.05. The number of fused-ring (bicyclic) bond motifs is 1. The highest BCUT2D eigenvalue weighted by atomic mass is 16.5. The van der Waals surface area contributed by atoms with Crippen molar-refractivity contribution in [3.8, 4) is 11.5 Å². The number of carbonyl (C=O) groups excluding carboxylic acids is 2. The van der Waals surface area contributed by atoms with Gasteiger partial charge in [-0.1, -0.05) is 25.1 Å². The molecule has 1 heterocycles. The minimum Gasteiger partial charge on any atom is -0.457 e. The van der Waals surface area contributed by atoms with Gasteiger partial charge in [-0.05, 0) is 73.7 Å². The van der Waals surface area contributed by atoms with Gasteiger partial charge in [0.05, 0.1) is 17.5 Å². The fraction of sp³-hybridized carbons (Fsp3) is 0.304. The summed E-state index contributed by atoms with van der Waals surface area (Å²) in [7, 11) is 0. The molecule has 4 nitrogen and oxygen atoms in total. The van der Waals surface area contributed by atoms with Gasteiger partial charge in [0.2, 0.25) is 11.8 Å². The number of nitrogens with zero attached hydrogens (tertiary/aromatic N) is 1. The summed E-state index contributed by atoms with van der Waals surface area (Å²) in [6, 6.07) is 13.1. The summed E-state index contributed by atoms with van der Waals surface area (Å²) in [6.07, 6.45) is 4.70. The van der Waals surface area contributed by atoms with Crippen molar-refractivity contribution in [1.29, 1.82) is 0 Å². The van der Waals surface area contributed by atoms with Gasteiger partial charge >= 0.3 is 0 Å². The van der Waals surface area contributed by atoms with Crippen LogP contribution in [0.2, 0.25) is 0 Å². The minimum absolute atomic E-state index is 0.0929. The third-order valence-electron chi connectivity index (χ3n) is 5.68. The lowest BCUT2D eigenvalue weighted by molar-refractivity contribution is -0.122. The molecule has 1 aliphatic carbocycles. The number of hydrogen-bond donors (Lipinski definition) is 0. The van der Waals surface area contributed by atoms with Gasteiger partial charge in [0.1, 0.15) is 11.5 Å². The predicted octanol–water partition coefficient (Wildman–Crippen LogP) is 4.80. The molecule has 4 rings (SSSR count). The van der Waals surface area contributed by atoms with Crippen LogP contribution in [0, 0.1) is 31.6 Å². The molecule has 1 saturated heterocycles. The lowest BCUT2D eigenvalue weighted by atomic mass is 9.78. The quantitative estimate of drug-likeness (QED) is 0.583. The molecule has 0 bridgehead atoms. The number of aryl methyl sites for hydroxylation is 2. The SMILES string of the molecule is Cc1ccc(Oc2ccc(N3C(=O)[C@H]4[C@H](CC=C[C@@H]4C)C3=O)cc2)cc1C. The summed E-state index contributed by atoms with van der Waals surface area (Å²) in [4.78, 5) is 27.0. The molecule has 2 aliphatic rings. The normalized spacial score (nSPS) is 24.3. The zero-order chi connectivity index (χ0) is 19.1. The zero-order valence-corrected chi connectivity index (χ0v) is 15.8. The molecule has 2 amide bonds. The van der Waals surface area contributed by atoms with Crippen LogP contribution in [-0.4, -0.2) is 11.8 Å². The van der Waals surface area contributed by atoms with Crippen molar-refractivity contribution in [2.24, 2.45) is 17.8 Å². The Balaban J connectivity index is 1.55. The van der Waals surface area contributed by atoms with Gasteiger partial charge in [-0.15, -0.1) is 0 Å². The number of allylic oxidation sites excluding steroid dienone is 2. The van der Waals surface area contributed by atoms with Crippen molar-refractivity contribution >= 4 is 17.5 Å². The highest BCUT2D eigenvalue weighted by molar-refractivity contribution is 6.22. The predicted molar refractivity (Wildman–Crippen MR) is 105 cm³/mol. The summed E-state index contributed by atoms with van der Waals surface area (Å²) in [6.45, 7) is 6.11. The van der Waals surface area contributed by atoms with Gasteiger partial charge < -0.3 is 4.74 Å². The summed E-state index contributed by atoms with van der Waals surface area (Å²) in [5, 5.41) is 0. The molecule has 4 heteroatoms. The van der Waals surface area contributed by atoms with Crippen molar-refractivity contribution in [3.05, 3.63) is 65.7 Å². The fourth-order valence-electron chi connectivity index (χ4n) is 3.98. The monoisotopic (exact) mass is 361 g/mol. The number of imide groups is 1. The van der Waals surface area contributed by atoms with Crippen LogP contribution in [0.3, 0.4) is 0 Å². The van der Waals surface area contributed by atoms with E-state index in [2.05, 4.69) is 6.92 Å². The molecule has 2 aromatic rings. The van der Waals surface area contributed by atoms with Crippen LogP contribution in [0.4, 0.5) is 5.69 Å². The Morgan fingerprint density at radius 3 is 2.30 bits per heavy atom. The summed E-state index contributed by atoms with van der Waals surface area (Å²) in [5.74, 6) is 0.878. The number of carbonyl (C=O) groups is 2. The summed E-state index contributed by atoms with van der Waals surface area (Å²) in [5.41, 5.74) is 3.00. The number of rotatable bonds is 3. The average molecular weight is 361 g/mol. The van der Waals surface area contributed by atoms with Crippen LogP contribution < -0.4 is 9.64 Å². The Labute approximate surface area is 159 Å². The first-order valence-electron chi connectivity index (χ1n) is 9.35. The van der Waals surface area contributed by atoms with E-state index in [1.54, 1.807) is 24.3 Å². The first-order valence-corrected chi connectivity index (χ1v) is 9.35. The molecule has 1 aliphatic heterocycles. The van der Waals surface area contributed by atoms with E-state index in [4.69, 9.17) is 4.74 Å². The van der Waals surface area contributed by atoms with E-state index in [9.17, 15) is 9.59 Å². The zero-order valence-electron chi connectivity index (χ0n) is 15.8. The van der Waals surface area contributed by atoms with Crippen LogP contribution in [0.25, 0.3) is 0 Å². The van der Waals surface area contributed by atoms with E-state index in [0.29, 0.717) is 17.9 Å². The van der Waals surface area contributed by atoms with Gasteiger partial charge in [-0.2, -0.15) is 0 Å². The van der Waals surface area contributed by atoms with Crippen LogP contribution in [0.5, 0.6) is 11.5 Å². The van der Waals surface area contributed by atoms with E-state index in [1.807, 2.05) is 44.2 Å². The molecule has 0 radical (unpaired) electrons. The van der Waals surface area contributed by atoms with Gasteiger partial charge in [-0.25, -0.2) is 0 Å². The van der Waals surface area contributed by atoms with Gasteiger partial charge in [-0.3, -0.25) is 14.5 Å². The average Bonchev–Trinajstić information content (AvgIpc) is 2.91. The highest BCUT2D eigenvalue weighted by Gasteiger charge is 2.50. The Morgan fingerprint density at radius 1 is 0.926 bits per heavy atom. The first kappa shape index (κ1) is 17.5. The number of ether oxygens (including phenoxy) is 1. The molecule has 3 atom stereocenters. The second-order valence-electron chi connectivity index (χ2n) is 7.51. The molecule has 0 saturated carbocycles. The maximum atomic E-state index is 12.8. The Bertz CT molecular complexity index is 929. The van der Waals surface area contributed by atoms with E-state index in [0.717, 1.165) is 5.75 Å². The van der Waals surface area contributed by atoms with Crippen LogP contribution in [0.15, 0.2) is 54.6 Å².